The molecule has 0 unspecified atom stereocenters. The summed E-state index contributed by atoms with van der Waals surface area (Å²) >= 11 is 0. The van der Waals surface area contributed by atoms with Crippen molar-refractivity contribution in [1.82, 2.24) is 19.6 Å². The van der Waals surface area contributed by atoms with Crippen molar-refractivity contribution >= 4 is 36.2 Å². The van der Waals surface area contributed by atoms with Gasteiger partial charge in [0.05, 0.1) is 17.8 Å². The van der Waals surface area contributed by atoms with Crippen LogP contribution in [-0.2, 0) is 81.7 Å². The van der Waals surface area contributed by atoms with E-state index in [2.05, 4.69) is 0 Å². The molecule has 3 aromatic rings. The molecule has 3 aromatic carbocycles. The number of nitrogens with zero attached hydrogens (tertiary/aromatic N) is 4. The Morgan fingerprint density at radius 2 is 0.591 bits per heavy atom. The first-order chi connectivity index (χ1) is 40.4. The lowest BCUT2D eigenvalue weighted by Gasteiger charge is -2.29. The number of rotatable bonds is 18. The summed E-state index contributed by atoms with van der Waals surface area (Å²) in [5.41, 5.74) is -1.74. The molecular weight excluding hydrogens is 1130 g/mol. The number of hydrogen-bond acceptors (Lipinski definition) is 13. The number of likely N-dealkylation sites (tertiary alicyclic amines) is 3. The molecule has 6 atom stereocenters. The molecule has 3 fully saturated rings. The van der Waals surface area contributed by atoms with E-state index in [-0.39, 0.29) is 76.3 Å². The smallest absolute Gasteiger partial charge is 0.410 e. The number of carbonyl (C=O) groups is 6. The van der Waals surface area contributed by atoms with Gasteiger partial charge >= 0.3 is 36.2 Å². The standard InChI is InChI=1S/C69H99F3N4O12/c1-64(2,3)83-58(77)55(49-19-22-74(40-49)61(80)86-67(10,11)12)34-43-25-46(31-52(70)28-43)37-73(38-47-26-44(29-53(71)32-47)35-56(59(78)84-65(4,5)6)50-20-23-75(41-50)62(81)87-68(13,14)15)39-48-27-45(30-54(72)33-48)36-57(60(79)85-66(7,8)9)51-21-24-76(42-51)63(82)88-69(16,17)18/h25-33,49-51,55-57H,19-24,34-42H2,1-18H3/t49-,50-,51-,55-,56-,57-/m0/s1. The van der Waals surface area contributed by atoms with E-state index in [1.165, 1.54) is 36.4 Å². The summed E-state index contributed by atoms with van der Waals surface area (Å²) in [5, 5.41) is 0. The predicted octanol–water partition coefficient (Wildman–Crippen LogP) is 13.6. The van der Waals surface area contributed by atoms with Gasteiger partial charge in [0.25, 0.3) is 0 Å². The van der Waals surface area contributed by atoms with Gasteiger partial charge in [-0.2, -0.15) is 0 Å². The number of esters is 3. The third-order valence-electron chi connectivity index (χ3n) is 15.1. The summed E-state index contributed by atoms with van der Waals surface area (Å²) in [6.45, 7) is 33.9. The van der Waals surface area contributed by atoms with Crippen LogP contribution >= 0.6 is 0 Å². The Bertz CT molecular complexity index is 2650. The van der Waals surface area contributed by atoms with Crippen molar-refractivity contribution in [3.05, 3.63) is 105 Å². The lowest BCUT2D eigenvalue weighted by atomic mass is 9.85. The van der Waals surface area contributed by atoms with Crippen molar-refractivity contribution in [1.29, 1.82) is 0 Å². The molecule has 0 bridgehead atoms. The van der Waals surface area contributed by atoms with Gasteiger partial charge in [-0.1, -0.05) is 18.2 Å². The topological polar surface area (TPSA) is 171 Å². The van der Waals surface area contributed by atoms with Crippen molar-refractivity contribution in [2.75, 3.05) is 39.3 Å². The fourth-order valence-electron chi connectivity index (χ4n) is 11.8. The second-order valence-corrected chi connectivity index (χ2v) is 30.5. The first-order valence-electron chi connectivity index (χ1n) is 31.1. The summed E-state index contributed by atoms with van der Waals surface area (Å²) in [6.07, 6.45) is 0.218. The van der Waals surface area contributed by atoms with Gasteiger partial charge in [-0.15, -0.1) is 0 Å². The molecule has 3 aliphatic rings. The van der Waals surface area contributed by atoms with Crippen LogP contribution in [0.4, 0.5) is 27.6 Å². The van der Waals surface area contributed by atoms with Gasteiger partial charge in [0, 0.05) is 58.9 Å². The Morgan fingerprint density at radius 1 is 0.375 bits per heavy atom. The zero-order valence-corrected chi connectivity index (χ0v) is 55.6. The lowest BCUT2D eigenvalue weighted by Crippen LogP contribution is -2.38. The van der Waals surface area contributed by atoms with Gasteiger partial charge < -0.3 is 43.1 Å². The molecule has 3 aliphatic heterocycles. The van der Waals surface area contributed by atoms with Crippen LogP contribution in [0.1, 0.15) is 177 Å². The Labute approximate surface area is 520 Å². The number of carbonyl (C=O) groups excluding carboxylic acids is 6. The first kappa shape index (κ1) is 70.7. The van der Waals surface area contributed by atoms with E-state index in [0.717, 1.165) is 0 Å². The van der Waals surface area contributed by atoms with E-state index in [4.69, 9.17) is 28.4 Å². The first-order valence-corrected chi connectivity index (χ1v) is 31.1. The van der Waals surface area contributed by atoms with Crippen LogP contribution in [0.3, 0.4) is 0 Å². The van der Waals surface area contributed by atoms with Crippen molar-refractivity contribution in [2.45, 2.75) is 216 Å². The van der Waals surface area contributed by atoms with Crippen LogP contribution in [0.25, 0.3) is 0 Å². The molecule has 3 heterocycles. The SMILES string of the molecule is CC(C)(C)OC(=O)[C@@H](Cc1cc(F)cc(CN(Cc2cc(F)cc(C[C@H](C(=O)OC(C)(C)C)[C@H]3CCN(C(=O)OC(C)(C)C)C3)c2)Cc2cc(F)cc(C[C@H](C(=O)OC(C)(C)C)[C@H]3CCN(C(=O)OC(C)(C)C)C3)c2)c1)[C@H]1CCN(C(=O)OC(C)(C)C)C1. The third kappa shape index (κ3) is 22.9. The predicted molar refractivity (Wildman–Crippen MR) is 329 cm³/mol. The van der Waals surface area contributed by atoms with E-state index in [1.54, 1.807) is 139 Å². The Balaban J connectivity index is 1.37. The van der Waals surface area contributed by atoms with Gasteiger partial charge in [0.1, 0.15) is 51.1 Å². The third-order valence-corrected chi connectivity index (χ3v) is 15.1. The van der Waals surface area contributed by atoms with Crippen LogP contribution < -0.4 is 0 Å². The zero-order valence-electron chi connectivity index (χ0n) is 55.6. The van der Waals surface area contributed by atoms with Crippen LogP contribution in [0.5, 0.6) is 0 Å². The molecule has 3 amide bonds. The number of halogens is 3. The molecule has 488 valence electrons. The average Bonchev–Trinajstić information content (AvgIpc) is 1.83. The summed E-state index contributed by atoms with van der Waals surface area (Å²) in [6, 6.07) is 13.7. The van der Waals surface area contributed by atoms with E-state index in [1.807, 2.05) is 23.1 Å². The Hall–Kier alpha value is -6.37. The highest BCUT2D eigenvalue weighted by atomic mass is 19.1. The molecule has 0 N–H and O–H groups in total. The fourth-order valence-corrected chi connectivity index (χ4v) is 11.8. The van der Waals surface area contributed by atoms with Gasteiger partial charge in [-0.25, -0.2) is 27.6 Å². The van der Waals surface area contributed by atoms with Crippen molar-refractivity contribution in [3.8, 4) is 0 Å². The van der Waals surface area contributed by atoms with E-state index >= 15 is 13.2 Å². The number of amides is 3. The zero-order chi connectivity index (χ0) is 65.6. The Morgan fingerprint density at radius 3 is 0.807 bits per heavy atom. The second kappa shape index (κ2) is 28.2. The molecule has 0 aliphatic carbocycles. The van der Waals surface area contributed by atoms with Crippen molar-refractivity contribution in [2.24, 2.45) is 35.5 Å². The van der Waals surface area contributed by atoms with E-state index in [9.17, 15) is 28.8 Å². The van der Waals surface area contributed by atoms with E-state index < -0.39 is 105 Å². The molecule has 88 heavy (non-hydrogen) atoms. The quantitative estimate of drug-likeness (QED) is 0.0871. The minimum absolute atomic E-state index is 0.0433. The lowest BCUT2D eigenvalue weighted by molar-refractivity contribution is -0.163. The maximum atomic E-state index is 16.2. The highest BCUT2D eigenvalue weighted by molar-refractivity contribution is 5.76. The van der Waals surface area contributed by atoms with Gasteiger partial charge in [-0.05, 0) is 251 Å². The molecular formula is C69H99F3N4O12. The number of ether oxygens (including phenoxy) is 6. The molecule has 3 saturated heterocycles. The minimum atomic E-state index is -0.841. The molecule has 0 spiro atoms. The number of hydrogen-bond donors (Lipinski definition) is 0. The summed E-state index contributed by atoms with van der Waals surface area (Å²) < 4.78 is 83.6. The monoisotopic (exact) mass is 1230 g/mol. The molecule has 0 radical (unpaired) electrons. The summed E-state index contributed by atoms with van der Waals surface area (Å²) in [5.74, 6) is -6.49. The highest BCUT2D eigenvalue weighted by Gasteiger charge is 2.43. The van der Waals surface area contributed by atoms with Crippen LogP contribution in [0, 0.1) is 53.0 Å². The summed E-state index contributed by atoms with van der Waals surface area (Å²) in [7, 11) is 0. The second-order valence-electron chi connectivity index (χ2n) is 30.5. The normalized spacial score (nSPS) is 18.9. The van der Waals surface area contributed by atoms with Crippen LogP contribution in [0.2, 0.25) is 0 Å². The fraction of sp³-hybridized carbons (Fsp3) is 0.652. The van der Waals surface area contributed by atoms with E-state index in [0.29, 0.717) is 72.3 Å². The molecule has 0 saturated carbocycles. The number of benzene rings is 3. The molecule has 0 aromatic heterocycles. The maximum Gasteiger partial charge on any atom is 0.410 e. The minimum Gasteiger partial charge on any atom is -0.460 e. The van der Waals surface area contributed by atoms with Gasteiger partial charge in [0.15, 0.2) is 0 Å². The van der Waals surface area contributed by atoms with Gasteiger partial charge in [-0.3, -0.25) is 19.3 Å². The van der Waals surface area contributed by atoms with Crippen LogP contribution in [-0.4, -0.2) is 129 Å². The van der Waals surface area contributed by atoms with Crippen molar-refractivity contribution in [3.63, 3.8) is 0 Å². The molecule has 16 nitrogen and oxygen atoms in total. The average molecular weight is 1230 g/mol. The maximum absolute atomic E-state index is 16.2. The van der Waals surface area contributed by atoms with Gasteiger partial charge in [0.2, 0.25) is 0 Å². The molecule has 6 rings (SSSR count). The Kier molecular flexibility index (Phi) is 22.7. The molecule has 19 heteroatoms. The van der Waals surface area contributed by atoms with Crippen LogP contribution in [0.15, 0.2) is 54.6 Å². The highest BCUT2D eigenvalue weighted by Crippen LogP contribution is 2.36. The summed E-state index contributed by atoms with van der Waals surface area (Å²) in [4.78, 5) is 88.8. The van der Waals surface area contributed by atoms with Crippen molar-refractivity contribution < 1.29 is 70.4 Å². The largest absolute Gasteiger partial charge is 0.460 e.